The fourth-order valence-corrected chi connectivity index (χ4v) is 7.75. The third-order valence-corrected chi connectivity index (χ3v) is 10.8. The summed E-state index contributed by atoms with van der Waals surface area (Å²) in [7, 11) is 1.29. The van der Waals surface area contributed by atoms with Crippen LogP contribution in [0.3, 0.4) is 0 Å². The quantitative estimate of drug-likeness (QED) is 0.156. The van der Waals surface area contributed by atoms with Crippen LogP contribution in [0.5, 0.6) is 0 Å². The van der Waals surface area contributed by atoms with E-state index in [1.807, 2.05) is 54.5 Å². The molecule has 0 spiro atoms. The molecule has 0 bridgehead atoms. The lowest BCUT2D eigenvalue weighted by molar-refractivity contribution is -0.169. The Morgan fingerprint density at radius 1 is 0.774 bits per heavy atom. The van der Waals surface area contributed by atoms with Crippen molar-refractivity contribution in [1.29, 1.82) is 0 Å². The number of H-pyrrole nitrogens is 2. The number of amides is 3. The standard InChI is InChI=1S/C41H43N7O5/c1-41(24-53-25-41)39(50)48-21-7-11-34(48)37-43-23-32(45-37)29-18-14-27(15-19-29)26-12-16-28(17-13-26)31-22-42-36(44-31)33-10-6-20-47(33)38(49)35(46-40(51)52-2)30-8-4-3-5-9-30/h3-5,8-9,12-19,22-23,33-35H,6-7,10-11,20-21,24-25H2,1-2H3,(H,42,44)(H,43,45)(H,46,51)/t33-,34-,35-/m0/s1. The number of nitrogens with one attached hydrogen (secondary N) is 3. The number of aromatic nitrogens is 4. The molecule has 53 heavy (non-hydrogen) atoms. The summed E-state index contributed by atoms with van der Waals surface area (Å²) < 4.78 is 10.2. The number of rotatable bonds is 9. The molecule has 3 saturated heterocycles. The highest BCUT2D eigenvalue weighted by molar-refractivity contribution is 5.87. The largest absolute Gasteiger partial charge is 0.453 e. The van der Waals surface area contributed by atoms with Gasteiger partial charge in [-0.25, -0.2) is 14.8 Å². The second-order valence-electron chi connectivity index (χ2n) is 14.4. The van der Waals surface area contributed by atoms with Gasteiger partial charge in [0, 0.05) is 13.1 Å². The van der Waals surface area contributed by atoms with Crippen molar-refractivity contribution in [2.45, 2.75) is 50.7 Å². The molecule has 5 aromatic rings. The minimum Gasteiger partial charge on any atom is -0.453 e. The molecule has 0 aliphatic carbocycles. The summed E-state index contributed by atoms with van der Waals surface area (Å²) in [5, 5.41) is 2.71. The Balaban J connectivity index is 0.933. The predicted octanol–water partition coefficient (Wildman–Crippen LogP) is 6.59. The summed E-state index contributed by atoms with van der Waals surface area (Å²) in [5.41, 5.74) is 6.23. The Hall–Kier alpha value is -5.75. The van der Waals surface area contributed by atoms with Crippen molar-refractivity contribution in [1.82, 2.24) is 35.1 Å². The van der Waals surface area contributed by atoms with Crippen molar-refractivity contribution in [2.24, 2.45) is 5.41 Å². The first-order valence-corrected chi connectivity index (χ1v) is 18.2. The SMILES string of the molecule is COC(=O)N[C@H](C(=O)N1CCC[C@H]1c1ncc(-c2ccc(-c3ccc(-c4cnc([C@@H]5CCCN5C(=O)C5(C)COC5)[nH]4)cc3)cc2)[nH]1)c1ccccc1. The van der Waals surface area contributed by atoms with Gasteiger partial charge in [-0.1, -0.05) is 78.9 Å². The molecule has 0 radical (unpaired) electrons. The lowest BCUT2D eigenvalue weighted by Crippen LogP contribution is -2.53. The van der Waals surface area contributed by atoms with Crippen LogP contribution in [0.1, 0.15) is 67.9 Å². The number of benzene rings is 3. The first-order chi connectivity index (χ1) is 25.8. The van der Waals surface area contributed by atoms with E-state index in [2.05, 4.69) is 63.8 Å². The van der Waals surface area contributed by atoms with Crippen LogP contribution in [0.4, 0.5) is 4.79 Å². The minimum atomic E-state index is -0.867. The Labute approximate surface area is 307 Å². The number of alkyl carbamates (subject to hydrolysis) is 1. The van der Waals surface area contributed by atoms with Crippen LogP contribution in [0, 0.1) is 5.41 Å². The molecule has 2 aromatic heterocycles. The lowest BCUT2D eigenvalue weighted by atomic mass is 9.86. The van der Waals surface area contributed by atoms with Crippen LogP contribution < -0.4 is 5.32 Å². The fourth-order valence-electron chi connectivity index (χ4n) is 7.75. The third-order valence-electron chi connectivity index (χ3n) is 10.8. The molecule has 3 amide bonds. The molecule has 3 aliphatic heterocycles. The number of carbonyl (C=O) groups excluding carboxylic acids is 3. The van der Waals surface area contributed by atoms with E-state index in [0.717, 1.165) is 71.7 Å². The molecule has 0 saturated carbocycles. The molecule has 3 aliphatic rings. The van der Waals surface area contributed by atoms with Crippen molar-refractivity contribution >= 4 is 17.9 Å². The van der Waals surface area contributed by atoms with Crippen molar-refractivity contribution in [3.63, 3.8) is 0 Å². The van der Waals surface area contributed by atoms with Gasteiger partial charge < -0.3 is 34.6 Å². The van der Waals surface area contributed by atoms with E-state index in [-0.39, 0.29) is 23.9 Å². The molecule has 8 rings (SSSR count). The van der Waals surface area contributed by atoms with E-state index in [1.54, 1.807) is 4.90 Å². The number of likely N-dealkylation sites (tertiary alicyclic amines) is 2. The molecule has 5 heterocycles. The average molecular weight is 714 g/mol. The summed E-state index contributed by atoms with van der Waals surface area (Å²) in [6.45, 7) is 4.26. The number of hydrogen-bond acceptors (Lipinski definition) is 7. The number of carbonyl (C=O) groups is 3. The molecular weight excluding hydrogens is 670 g/mol. The van der Waals surface area contributed by atoms with E-state index in [9.17, 15) is 14.4 Å². The van der Waals surface area contributed by atoms with Crippen LogP contribution in [-0.2, 0) is 19.1 Å². The molecule has 3 fully saturated rings. The van der Waals surface area contributed by atoms with Gasteiger partial charge in [-0.3, -0.25) is 9.59 Å². The van der Waals surface area contributed by atoms with E-state index < -0.39 is 17.6 Å². The first-order valence-electron chi connectivity index (χ1n) is 18.2. The number of ether oxygens (including phenoxy) is 2. The molecule has 12 nitrogen and oxygen atoms in total. The zero-order chi connectivity index (χ0) is 36.5. The van der Waals surface area contributed by atoms with Crippen molar-refractivity contribution in [2.75, 3.05) is 33.4 Å². The monoisotopic (exact) mass is 713 g/mol. The van der Waals surface area contributed by atoms with Crippen LogP contribution in [0.15, 0.2) is 91.3 Å². The Morgan fingerprint density at radius 3 is 1.79 bits per heavy atom. The van der Waals surface area contributed by atoms with Crippen molar-refractivity contribution in [3.05, 3.63) is 108 Å². The van der Waals surface area contributed by atoms with E-state index in [1.165, 1.54) is 7.11 Å². The highest BCUT2D eigenvalue weighted by Gasteiger charge is 2.47. The topological polar surface area (TPSA) is 146 Å². The number of aromatic amines is 2. The molecule has 3 N–H and O–H groups in total. The van der Waals surface area contributed by atoms with E-state index >= 15 is 0 Å². The Morgan fingerprint density at radius 2 is 1.28 bits per heavy atom. The minimum absolute atomic E-state index is 0.0423. The Kier molecular flexibility index (Phi) is 9.30. The van der Waals surface area contributed by atoms with Crippen LogP contribution >= 0.6 is 0 Å². The van der Waals surface area contributed by atoms with Crippen molar-refractivity contribution in [3.8, 4) is 33.6 Å². The summed E-state index contributed by atoms with van der Waals surface area (Å²) >= 11 is 0. The maximum atomic E-state index is 13.9. The van der Waals surface area contributed by atoms with Gasteiger partial charge in [0.15, 0.2) is 0 Å². The van der Waals surface area contributed by atoms with Gasteiger partial charge in [-0.15, -0.1) is 0 Å². The maximum Gasteiger partial charge on any atom is 0.407 e. The van der Waals surface area contributed by atoms with Crippen LogP contribution in [-0.4, -0.2) is 81.1 Å². The fraction of sp³-hybridized carbons (Fsp3) is 0.341. The number of nitrogens with zero attached hydrogens (tertiary/aromatic N) is 4. The van der Waals surface area contributed by atoms with Gasteiger partial charge in [-0.05, 0) is 60.4 Å². The van der Waals surface area contributed by atoms with Gasteiger partial charge >= 0.3 is 6.09 Å². The number of imidazole rings is 2. The summed E-state index contributed by atoms with van der Waals surface area (Å²) in [6.07, 6.45) is 6.46. The summed E-state index contributed by atoms with van der Waals surface area (Å²) in [4.78, 5) is 59.4. The molecule has 3 atom stereocenters. The summed E-state index contributed by atoms with van der Waals surface area (Å²) in [5.74, 6) is 1.50. The van der Waals surface area contributed by atoms with Gasteiger partial charge in [-0.2, -0.15) is 0 Å². The van der Waals surface area contributed by atoms with Gasteiger partial charge in [0.25, 0.3) is 5.91 Å². The second-order valence-corrected chi connectivity index (χ2v) is 14.4. The second kappa shape index (κ2) is 14.3. The molecule has 0 unspecified atom stereocenters. The first kappa shape index (κ1) is 34.3. The zero-order valence-electron chi connectivity index (χ0n) is 29.9. The summed E-state index contributed by atoms with van der Waals surface area (Å²) in [6, 6.07) is 24.7. The number of hydrogen-bond donors (Lipinski definition) is 3. The molecule has 272 valence electrons. The highest BCUT2D eigenvalue weighted by Crippen LogP contribution is 2.38. The molecular formula is C41H43N7O5. The highest BCUT2D eigenvalue weighted by atomic mass is 16.5. The maximum absolute atomic E-state index is 13.9. The predicted molar refractivity (Wildman–Crippen MR) is 198 cm³/mol. The van der Waals surface area contributed by atoms with Crippen molar-refractivity contribution < 1.29 is 23.9 Å². The normalized spacial score (nSPS) is 19.8. The van der Waals surface area contributed by atoms with Gasteiger partial charge in [0.05, 0.1) is 61.6 Å². The molecule has 3 aromatic carbocycles. The van der Waals surface area contributed by atoms with E-state index in [0.29, 0.717) is 31.1 Å². The van der Waals surface area contributed by atoms with Gasteiger partial charge in [0.2, 0.25) is 5.91 Å². The Bertz CT molecular complexity index is 2090. The smallest absolute Gasteiger partial charge is 0.407 e. The average Bonchev–Trinajstić information content (AvgIpc) is 4.03. The lowest BCUT2D eigenvalue weighted by Gasteiger charge is -2.40. The third kappa shape index (κ3) is 6.70. The van der Waals surface area contributed by atoms with Crippen LogP contribution in [0.25, 0.3) is 33.6 Å². The number of methoxy groups -OCH3 is 1. The van der Waals surface area contributed by atoms with E-state index in [4.69, 9.17) is 19.4 Å². The van der Waals surface area contributed by atoms with Crippen LogP contribution in [0.2, 0.25) is 0 Å². The van der Waals surface area contributed by atoms with Gasteiger partial charge in [0.1, 0.15) is 17.7 Å². The zero-order valence-corrected chi connectivity index (χ0v) is 29.9. The molecule has 12 heteroatoms.